The Morgan fingerprint density at radius 1 is 1.20 bits per heavy atom. The van der Waals surface area contributed by atoms with E-state index in [-0.39, 0.29) is 11.8 Å². The van der Waals surface area contributed by atoms with E-state index in [1.54, 1.807) is 0 Å². The number of nitrogens with one attached hydrogen (secondary N) is 2. The third kappa shape index (κ3) is 1.90. The van der Waals surface area contributed by atoms with E-state index >= 15 is 0 Å². The van der Waals surface area contributed by atoms with Crippen LogP contribution < -0.4 is 10.6 Å². The van der Waals surface area contributed by atoms with E-state index in [1.807, 2.05) is 13.8 Å². The van der Waals surface area contributed by atoms with Gasteiger partial charge in [-0.15, -0.1) is 0 Å². The molecule has 0 bridgehead atoms. The number of amidine groups is 1. The van der Waals surface area contributed by atoms with Crippen molar-refractivity contribution in [1.29, 1.82) is 0 Å². The minimum Gasteiger partial charge on any atom is -0.314 e. The summed E-state index contributed by atoms with van der Waals surface area (Å²) in [5, 5.41) is 6.21. The summed E-state index contributed by atoms with van der Waals surface area (Å²) < 4.78 is 0. The van der Waals surface area contributed by atoms with Gasteiger partial charge in [-0.2, -0.15) is 4.99 Å². The van der Waals surface area contributed by atoms with E-state index in [0.29, 0.717) is 18.7 Å². The van der Waals surface area contributed by atoms with E-state index in [9.17, 15) is 9.59 Å². The first-order valence-corrected chi connectivity index (χ1v) is 7.38. The molecule has 0 radical (unpaired) electrons. The molecule has 1 aliphatic carbocycles. The summed E-state index contributed by atoms with van der Waals surface area (Å²) in [5.74, 6) is 0.111. The summed E-state index contributed by atoms with van der Waals surface area (Å²) >= 11 is 0. The lowest BCUT2D eigenvalue weighted by molar-refractivity contribution is -0.147. The minimum atomic E-state index is -0.844. The van der Waals surface area contributed by atoms with Crippen LogP contribution in [0.2, 0.25) is 0 Å². The lowest BCUT2D eigenvalue weighted by Gasteiger charge is -2.45. The predicted molar refractivity (Wildman–Crippen MR) is 75.4 cm³/mol. The van der Waals surface area contributed by atoms with Gasteiger partial charge in [-0.05, 0) is 26.7 Å². The first-order chi connectivity index (χ1) is 9.47. The molecule has 6 nitrogen and oxygen atoms in total. The number of amides is 2. The number of carbonyl (C=O) groups is 2. The Kier molecular flexibility index (Phi) is 3.17. The molecule has 6 heteroatoms. The molecule has 1 spiro atoms. The Balaban J connectivity index is 1.84. The van der Waals surface area contributed by atoms with Crippen LogP contribution in [-0.4, -0.2) is 54.3 Å². The molecule has 3 rings (SSSR count). The Labute approximate surface area is 119 Å². The number of hydrogen-bond acceptors (Lipinski definition) is 4. The van der Waals surface area contributed by atoms with Gasteiger partial charge in [0.25, 0.3) is 5.91 Å². The van der Waals surface area contributed by atoms with E-state index in [0.717, 1.165) is 32.6 Å². The SMILES string of the molecule is CC(C)(C1=NC(=O)C2(CCC2)C(=O)N1)N1CCNCC1. The summed E-state index contributed by atoms with van der Waals surface area (Å²) in [4.78, 5) is 31.1. The van der Waals surface area contributed by atoms with Crippen molar-refractivity contribution in [3.05, 3.63) is 0 Å². The van der Waals surface area contributed by atoms with Crippen LogP contribution in [0, 0.1) is 5.41 Å². The summed E-state index contributed by atoms with van der Waals surface area (Å²) in [6, 6.07) is 0. The van der Waals surface area contributed by atoms with Gasteiger partial charge in [-0.3, -0.25) is 14.5 Å². The molecule has 2 fully saturated rings. The Morgan fingerprint density at radius 3 is 2.35 bits per heavy atom. The fourth-order valence-corrected chi connectivity index (χ4v) is 3.20. The molecule has 3 aliphatic rings. The molecule has 1 saturated heterocycles. The third-order valence-corrected chi connectivity index (χ3v) is 4.98. The molecule has 0 atom stereocenters. The Bertz CT molecular complexity index is 474. The van der Waals surface area contributed by atoms with Gasteiger partial charge in [0.15, 0.2) is 0 Å². The highest BCUT2D eigenvalue weighted by Gasteiger charge is 2.54. The molecule has 110 valence electrons. The zero-order chi connectivity index (χ0) is 14.4. The first kappa shape index (κ1) is 13.7. The molecule has 0 aromatic carbocycles. The maximum Gasteiger partial charge on any atom is 0.263 e. The summed E-state index contributed by atoms with van der Waals surface area (Å²) in [6.07, 6.45) is 2.22. The number of rotatable bonds is 2. The second kappa shape index (κ2) is 4.63. The number of nitrogens with zero attached hydrogens (tertiary/aromatic N) is 2. The number of carbonyl (C=O) groups excluding carboxylic acids is 2. The lowest BCUT2D eigenvalue weighted by Crippen LogP contribution is -2.65. The van der Waals surface area contributed by atoms with Gasteiger partial charge in [0.1, 0.15) is 11.3 Å². The van der Waals surface area contributed by atoms with Crippen LogP contribution >= 0.6 is 0 Å². The first-order valence-electron chi connectivity index (χ1n) is 7.38. The zero-order valence-corrected chi connectivity index (χ0v) is 12.2. The van der Waals surface area contributed by atoms with Crippen molar-refractivity contribution in [2.75, 3.05) is 26.2 Å². The largest absolute Gasteiger partial charge is 0.314 e. The predicted octanol–water partition coefficient (Wildman–Crippen LogP) is -0.105. The van der Waals surface area contributed by atoms with Crippen molar-refractivity contribution in [3.63, 3.8) is 0 Å². The normalized spacial score (nSPS) is 27.0. The van der Waals surface area contributed by atoms with Crippen LogP contribution in [-0.2, 0) is 9.59 Å². The zero-order valence-electron chi connectivity index (χ0n) is 12.2. The Hall–Kier alpha value is -1.27. The molecule has 20 heavy (non-hydrogen) atoms. The quantitative estimate of drug-likeness (QED) is 0.692. The van der Waals surface area contributed by atoms with Gasteiger partial charge in [-0.25, -0.2) is 0 Å². The molecule has 2 amide bonds. The third-order valence-electron chi connectivity index (χ3n) is 4.98. The number of piperazine rings is 1. The molecule has 2 N–H and O–H groups in total. The number of aliphatic imine (C=N–C) groups is 1. The molecule has 0 aromatic rings. The van der Waals surface area contributed by atoms with E-state index in [1.165, 1.54) is 0 Å². The smallest absolute Gasteiger partial charge is 0.263 e. The van der Waals surface area contributed by atoms with Gasteiger partial charge in [0, 0.05) is 26.2 Å². The molecular weight excluding hydrogens is 256 g/mol. The summed E-state index contributed by atoms with van der Waals surface area (Å²) in [7, 11) is 0. The van der Waals surface area contributed by atoms with Gasteiger partial charge < -0.3 is 10.6 Å². The maximum absolute atomic E-state index is 12.3. The van der Waals surface area contributed by atoms with Gasteiger partial charge in [0.2, 0.25) is 5.91 Å². The van der Waals surface area contributed by atoms with Crippen molar-refractivity contribution in [3.8, 4) is 0 Å². The standard InChI is InChI=1S/C14H22N4O2/c1-13(2,18-8-6-15-7-9-18)10-16-11(19)14(4-3-5-14)12(20)17-10/h15H,3-9H2,1-2H3,(H,16,17,19,20). The second-order valence-corrected chi connectivity index (χ2v) is 6.45. The fourth-order valence-electron chi connectivity index (χ4n) is 3.20. The highest BCUT2D eigenvalue weighted by molar-refractivity contribution is 6.21. The van der Waals surface area contributed by atoms with Gasteiger partial charge >= 0.3 is 0 Å². The van der Waals surface area contributed by atoms with Crippen molar-refractivity contribution < 1.29 is 9.59 Å². The molecule has 1 saturated carbocycles. The molecule has 0 aromatic heterocycles. The highest BCUT2D eigenvalue weighted by atomic mass is 16.2. The summed E-state index contributed by atoms with van der Waals surface area (Å²) in [5.41, 5.74) is -1.26. The van der Waals surface area contributed by atoms with Crippen LogP contribution in [0.5, 0.6) is 0 Å². The van der Waals surface area contributed by atoms with Crippen LogP contribution in [0.1, 0.15) is 33.1 Å². The van der Waals surface area contributed by atoms with Gasteiger partial charge in [-0.1, -0.05) is 6.42 Å². The van der Waals surface area contributed by atoms with Crippen molar-refractivity contribution in [1.82, 2.24) is 15.5 Å². The highest BCUT2D eigenvalue weighted by Crippen LogP contribution is 2.44. The number of hydrogen-bond donors (Lipinski definition) is 2. The van der Waals surface area contributed by atoms with Crippen molar-refractivity contribution in [2.24, 2.45) is 10.4 Å². The van der Waals surface area contributed by atoms with Crippen molar-refractivity contribution in [2.45, 2.75) is 38.6 Å². The topological polar surface area (TPSA) is 73.8 Å². The minimum absolute atomic E-state index is 0.151. The van der Waals surface area contributed by atoms with Crippen LogP contribution in [0.15, 0.2) is 4.99 Å². The van der Waals surface area contributed by atoms with E-state index < -0.39 is 11.0 Å². The molecule has 2 heterocycles. The lowest BCUT2D eigenvalue weighted by atomic mass is 9.66. The average Bonchev–Trinajstić information content (AvgIpc) is 2.37. The van der Waals surface area contributed by atoms with Gasteiger partial charge in [0.05, 0.1) is 5.54 Å². The van der Waals surface area contributed by atoms with Crippen LogP contribution in [0.4, 0.5) is 0 Å². The fraction of sp³-hybridized carbons (Fsp3) is 0.786. The average molecular weight is 278 g/mol. The molecule has 0 unspecified atom stereocenters. The Morgan fingerprint density at radius 2 is 1.85 bits per heavy atom. The molecule has 2 aliphatic heterocycles. The molecular formula is C14H22N4O2. The van der Waals surface area contributed by atoms with Crippen molar-refractivity contribution >= 4 is 17.6 Å². The maximum atomic E-state index is 12.3. The van der Waals surface area contributed by atoms with E-state index in [2.05, 4.69) is 20.5 Å². The monoisotopic (exact) mass is 278 g/mol. The second-order valence-electron chi connectivity index (χ2n) is 6.45. The van der Waals surface area contributed by atoms with E-state index in [4.69, 9.17) is 0 Å². The van der Waals surface area contributed by atoms with Crippen LogP contribution in [0.25, 0.3) is 0 Å². The summed E-state index contributed by atoms with van der Waals surface area (Å²) in [6.45, 7) is 7.65. The van der Waals surface area contributed by atoms with Crippen LogP contribution in [0.3, 0.4) is 0 Å².